The molecule has 0 aliphatic carbocycles. The molecule has 0 unspecified atom stereocenters. The lowest BCUT2D eigenvalue weighted by atomic mass is 10.1. The number of hydrogen-bond acceptors (Lipinski definition) is 5. The molecule has 1 amide bonds. The molecule has 0 aliphatic heterocycles. The highest BCUT2D eigenvalue weighted by atomic mass is 32.1. The van der Waals surface area contributed by atoms with Crippen LogP contribution in [0.4, 0.5) is 0 Å². The third kappa shape index (κ3) is 2.88. The van der Waals surface area contributed by atoms with E-state index in [4.69, 9.17) is 0 Å². The highest BCUT2D eigenvalue weighted by molar-refractivity contribution is 7.18. The maximum absolute atomic E-state index is 12.8. The van der Waals surface area contributed by atoms with Gasteiger partial charge in [-0.05, 0) is 31.5 Å². The number of rotatable bonds is 4. The molecule has 1 aromatic carbocycles. The minimum absolute atomic E-state index is 0.00833. The van der Waals surface area contributed by atoms with Crippen molar-refractivity contribution in [3.05, 3.63) is 65.4 Å². The number of aryl methyl sites for hydroxylation is 1. The van der Waals surface area contributed by atoms with Gasteiger partial charge in [0.05, 0.1) is 17.4 Å². The number of carbonyl (C=O) groups excluding carboxylic acids is 1. The zero-order valence-corrected chi connectivity index (χ0v) is 15.5. The molecular formula is C18H18N6OS. The van der Waals surface area contributed by atoms with Gasteiger partial charge in [0.2, 0.25) is 0 Å². The van der Waals surface area contributed by atoms with Crippen molar-refractivity contribution in [2.75, 3.05) is 7.05 Å². The minimum atomic E-state index is -0.0524. The molecular weight excluding hydrogens is 348 g/mol. The van der Waals surface area contributed by atoms with E-state index in [9.17, 15) is 4.79 Å². The topological polar surface area (TPSA) is 68.3 Å². The van der Waals surface area contributed by atoms with Gasteiger partial charge in [-0.15, -0.1) is 0 Å². The maximum atomic E-state index is 12.8. The Bertz CT molecular complexity index is 1020. The Hall–Kier alpha value is -3.00. The molecule has 0 radical (unpaired) electrons. The van der Waals surface area contributed by atoms with E-state index in [2.05, 4.69) is 15.1 Å². The van der Waals surface area contributed by atoms with E-state index in [1.165, 1.54) is 17.7 Å². The first kappa shape index (κ1) is 16.5. The monoisotopic (exact) mass is 366 g/mol. The van der Waals surface area contributed by atoms with E-state index < -0.39 is 0 Å². The van der Waals surface area contributed by atoms with Crippen LogP contribution < -0.4 is 0 Å². The maximum Gasteiger partial charge on any atom is 0.265 e. The summed E-state index contributed by atoms with van der Waals surface area (Å²) in [4.78, 5) is 24.5. The summed E-state index contributed by atoms with van der Waals surface area (Å²) < 4.78 is 3.60. The third-order valence-corrected chi connectivity index (χ3v) is 5.43. The van der Waals surface area contributed by atoms with Gasteiger partial charge < -0.3 is 4.90 Å². The molecule has 0 saturated carbocycles. The van der Waals surface area contributed by atoms with E-state index in [1.807, 2.05) is 62.0 Å². The molecule has 0 bridgehead atoms. The summed E-state index contributed by atoms with van der Waals surface area (Å²) in [6.07, 6.45) is 6.93. The fraction of sp³-hybridized carbons (Fsp3) is 0.222. The van der Waals surface area contributed by atoms with Gasteiger partial charge in [0.25, 0.3) is 5.91 Å². The summed E-state index contributed by atoms with van der Waals surface area (Å²) in [5.74, 6) is -0.00833. The van der Waals surface area contributed by atoms with Crippen molar-refractivity contribution in [1.82, 2.24) is 29.0 Å². The van der Waals surface area contributed by atoms with Gasteiger partial charge >= 0.3 is 0 Å². The molecule has 132 valence electrons. The second kappa shape index (κ2) is 6.38. The van der Waals surface area contributed by atoms with Gasteiger partial charge in [-0.2, -0.15) is 5.10 Å². The van der Waals surface area contributed by atoms with Gasteiger partial charge in [0.1, 0.15) is 17.5 Å². The van der Waals surface area contributed by atoms with Crippen molar-refractivity contribution in [3.63, 3.8) is 0 Å². The van der Waals surface area contributed by atoms with Crippen LogP contribution in [0.25, 0.3) is 10.6 Å². The van der Waals surface area contributed by atoms with Crippen molar-refractivity contribution in [1.29, 1.82) is 0 Å². The summed E-state index contributed by atoms with van der Waals surface area (Å²) in [7, 11) is 1.83. The summed E-state index contributed by atoms with van der Waals surface area (Å²) in [5.41, 5.74) is 2.94. The van der Waals surface area contributed by atoms with Gasteiger partial charge in [-0.1, -0.05) is 23.5 Å². The first-order valence-corrected chi connectivity index (χ1v) is 9.02. The van der Waals surface area contributed by atoms with Crippen molar-refractivity contribution in [3.8, 4) is 5.69 Å². The van der Waals surface area contributed by atoms with E-state index in [0.717, 1.165) is 21.9 Å². The average molecular weight is 366 g/mol. The molecule has 0 aliphatic rings. The normalized spacial score (nSPS) is 12.4. The Kier molecular flexibility index (Phi) is 4.04. The number of hydrogen-bond donors (Lipinski definition) is 0. The third-order valence-electron chi connectivity index (χ3n) is 4.45. The number of nitrogens with zero attached hydrogens (tertiary/aromatic N) is 6. The van der Waals surface area contributed by atoms with Crippen molar-refractivity contribution in [2.24, 2.45) is 0 Å². The molecule has 0 spiro atoms. The van der Waals surface area contributed by atoms with Crippen molar-refractivity contribution < 1.29 is 4.79 Å². The lowest BCUT2D eigenvalue weighted by molar-refractivity contribution is 0.0747. The number of amides is 1. The summed E-state index contributed by atoms with van der Waals surface area (Å²) >= 11 is 1.41. The van der Waals surface area contributed by atoms with Crippen LogP contribution >= 0.6 is 11.3 Å². The second-order valence-electron chi connectivity index (χ2n) is 6.19. The van der Waals surface area contributed by atoms with Gasteiger partial charge in [0, 0.05) is 19.4 Å². The first-order valence-electron chi connectivity index (χ1n) is 8.20. The standard InChI is InChI=1S/C18H18N6OS/c1-12-8-23-9-16(26-18(23)21-12)17(25)22(3)13(2)14-4-6-15(7-5-14)24-11-19-10-20-24/h4-11,13H,1-3H3/t13-/m1/s1. The number of imidazole rings is 1. The zero-order chi connectivity index (χ0) is 18.3. The SMILES string of the molecule is Cc1cn2cc(C(=O)N(C)[C@H](C)c3ccc(-n4cncn4)cc3)sc2n1. The Morgan fingerprint density at radius 1 is 1.23 bits per heavy atom. The number of fused-ring (bicyclic) bond motifs is 1. The molecule has 4 rings (SSSR count). The lowest BCUT2D eigenvalue weighted by Gasteiger charge is -2.25. The quantitative estimate of drug-likeness (QED) is 0.556. The fourth-order valence-electron chi connectivity index (χ4n) is 2.83. The number of aromatic nitrogens is 5. The summed E-state index contributed by atoms with van der Waals surface area (Å²) in [5, 5.41) is 4.12. The molecule has 0 N–H and O–H groups in total. The summed E-state index contributed by atoms with van der Waals surface area (Å²) in [6, 6.07) is 7.91. The van der Waals surface area contributed by atoms with Crippen LogP contribution in [-0.4, -0.2) is 42.0 Å². The number of benzene rings is 1. The summed E-state index contributed by atoms with van der Waals surface area (Å²) in [6.45, 7) is 3.96. The van der Waals surface area contributed by atoms with E-state index >= 15 is 0 Å². The lowest BCUT2D eigenvalue weighted by Crippen LogP contribution is -2.29. The molecule has 0 fully saturated rings. The van der Waals surface area contributed by atoms with Gasteiger partial charge in [-0.25, -0.2) is 14.6 Å². The molecule has 26 heavy (non-hydrogen) atoms. The smallest absolute Gasteiger partial charge is 0.265 e. The Labute approximate surface area is 154 Å². The molecule has 4 aromatic rings. The predicted octanol–water partition coefficient (Wildman–Crippen LogP) is 3.12. The Morgan fingerprint density at radius 3 is 2.65 bits per heavy atom. The molecule has 3 heterocycles. The van der Waals surface area contributed by atoms with Crippen molar-refractivity contribution >= 4 is 22.2 Å². The van der Waals surface area contributed by atoms with E-state index in [1.54, 1.807) is 15.9 Å². The van der Waals surface area contributed by atoms with Crippen LogP contribution in [0, 0.1) is 6.92 Å². The van der Waals surface area contributed by atoms with Crippen LogP contribution in [0.15, 0.2) is 49.3 Å². The van der Waals surface area contributed by atoms with Crippen LogP contribution in [0.2, 0.25) is 0 Å². The van der Waals surface area contributed by atoms with Crippen LogP contribution in [0.5, 0.6) is 0 Å². The largest absolute Gasteiger partial charge is 0.334 e. The van der Waals surface area contributed by atoms with E-state index in [-0.39, 0.29) is 11.9 Å². The van der Waals surface area contributed by atoms with E-state index in [0.29, 0.717) is 4.88 Å². The number of thiazole rings is 1. The highest BCUT2D eigenvalue weighted by Gasteiger charge is 2.21. The molecule has 8 heteroatoms. The zero-order valence-electron chi connectivity index (χ0n) is 14.7. The Balaban J connectivity index is 1.53. The number of carbonyl (C=O) groups is 1. The van der Waals surface area contributed by atoms with Crippen molar-refractivity contribution in [2.45, 2.75) is 19.9 Å². The highest BCUT2D eigenvalue weighted by Crippen LogP contribution is 2.25. The molecule has 1 atom stereocenters. The van der Waals surface area contributed by atoms with Crippen LogP contribution in [-0.2, 0) is 0 Å². The van der Waals surface area contributed by atoms with Gasteiger partial charge in [0.15, 0.2) is 4.96 Å². The van der Waals surface area contributed by atoms with Crippen LogP contribution in [0.3, 0.4) is 0 Å². The Morgan fingerprint density at radius 2 is 2.00 bits per heavy atom. The molecule has 3 aromatic heterocycles. The van der Waals surface area contributed by atoms with Crippen LogP contribution in [0.1, 0.15) is 33.9 Å². The average Bonchev–Trinajstić information content (AvgIpc) is 3.36. The molecule has 7 nitrogen and oxygen atoms in total. The minimum Gasteiger partial charge on any atom is -0.334 e. The predicted molar refractivity (Wildman–Crippen MR) is 99.7 cm³/mol. The first-order chi connectivity index (χ1) is 12.5. The van der Waals surface area contributed by atoms with Gasteiger partial charge in [-0.3, -0.25) is 9.20 Å². The molecule has 0 saturated heterocycles. The fourth-order valence-corrected chi connectivity index (χ4v) is 3.83. The second-order valence-corrected chi connectivity index (χ2v) is 7.20.